The van der Waals surface area contributed by atoms with E-state index in [0.29, 0.717) is 23.1 Å². The van der Waals surface area contributed by atoms with Gasteiger partial charge in [-0.05, 0) is 31.0 Å². The summed E-state index contributed by atoms with van der Waals surface area (Å²) in [6, 6.07) is 4.19. The summed E-state index contributed by atoms with van der Waals surface area (Å²) >= 11 is 0. The topological polar surface area (TPSA) is 81.7 Å². The van der Waals surface area contributed by atoms with Crippen LogP contribution in [0.15, 0.2) is 27.4 Å². The zero-order valence-electron chi connectivity index (χ0n) is 11.5. The molecule has 1 N–H and O–H groups in total. The zero-order chi connectivity index (χ0) is 14.7. The van der Waals surface area contributed by atoms with Crippen LogP contribution < -0.4 is 5.76 Å². The van der Waals surface area contributed by atoms with E-state index in [4.69, 9.17) is 9.15 Å². The quantitative estimate of drug-likeness (QED) is 0.841. The molecule has 108 valence electrons. The minimum absolute atomic E-state index is 0.147. The second kappa shape index (κ2) is 5.92. The molecule has 1 heterocycles. The monoisotopic (exact) mass is 279 g/mol. The fraction of sp³-hybridized carbons (Fsp3) is 0.429. The molecule has 0 bridgehead atoms. The van der Waals surface area contributed by atoms with Crippen LogP contribution in [0.1, 0.15) is 31.9 Å². The number of aromatic nitrogens is 1. The summed E-state index contributed by atoms with van der Waals surface area (Å²) in [4.78, 5) is 23.9. The van der Waals surface area contributed by atoms with Gasteiger partial charge < -0.3 is 14.3 Å². The summed E-state index contributed by atoms with van der Waals surface area (Å²) < 4.78 is 11.4. The molecule has 1 atom stereocenters. The van der Waals surface area contributed by atoms with Gasteiger partial charge in [0.2, 0.25) is 0 Å². The Morgan fingerprint density at radius 1 is 1.45 bits per heavy atom. The standard InChI is InChI=1S/C14H17NO5/c1-3-10(13(17)19-4-2)15-11-7-9(8-16)5-6-12(11)20-14(15)18/h5-7,10,16H,3-4,8H2,1-2H3. The van der Waals surface area contributed by atoms with Crippen LogP contribution in [-0.4, -0.2) is 22.2 Å². The molecule has 2 aromatic rings. The lowest BCUT2D eigenvalue weighted by atomic mass is 10.2. The van der Waals surface area contributed by atoms with Crippen molar-refractivity contribution in [3.05, 3.63) is 34.3 Å². The maximum Gasteiger partial charge on any atom is 0.420 e. The summed E-state index contributed by atoms with van der Waals surface area (Å²) in [5, 5.41) is 9.17. The van der Waals surface area contributed by atoms with Crippen molar-refractivity contribution in [3.8, 4) is 0 Å². The van der Waals surface area contributed by atoms with Crippen LogP contribution in [-0.2, 0) is 16.1 Å². The highest BCUT2D eigenvalue weighted by Crippen LogP contribution is 2.21. The van der Waals surface area contributed by atoms with Crippen LogP contribution in [0.5, 0.6) is 0 Å². The summed E-state index contributed by atoms with van der Waals surface area (Å²) in [5.74, 6) is -1.07. The van der Waals surface area contributed by atoms with Gasteiger partial charge in [0.15, 0.2) is 5.58 Å². The third kappa shape index (κ3) is 2.46. The average Bonchev–Trinajstić information content (AvgIpc) is 2.76. The molecule has 0 fully saturated rings. The van der Waals surface area contributed by atoms with E-state index in [9.17, 15) is 14.7 Å². The number of rotatable bonds is 5. The minimum Gasteiger partial charge on any atom is -0.464 e. The van der Waals surface area contributed by atoms with Crippen LogP contribution in [0.25, 0.3) is 11.1 Å². The molecule has 0 spiro atoms. The number of esters is 1. The molecular weight excluding hydrogens is 262 g/mol. The van der Waals surface area contributed by atoms with E-state index in [1.54, 1.807) is 32.0 Å². The van der Waals surface area contributed by atoms with Crippen molar-refractivity contribution in [1.29, 1.82) is 0 Å². The smallest absolute Gasteiger partial charge is 0.420 e. The largest absolute Gasteiger partial charge is 0.464 e. The SMILES string of the molecule is CCOC(=O)C(CC)n1c(=O)oc2ccc(CO)cc21. The predicted octanol–water partition coefficient (Wildman–Crippen LogP) is 1.60. The van der Waals surface area contributed by atoms with Crippen LogP contribution in [0.4, 0.5) is 0 Å². The summed E-state index contributed by atoms with van der Waals surface area (Å²) in [6.07, 6.45) is 0.413. The normalized spacial score (nSPS) is 12.6. The first-order valence-corrected chi connectivity index (χ1v) is 6.53. The summed E-state index contributed by atoms with van der Waals surface area (Å²) in [7, 11) is 0. The number of aliphatic hydroxyl groups is 1. The molecule has 0 amide bonds. The average molecular weight is 279 g/mol. The van der Waals surface area contributed by atoms with Crippen LogP contribution >= 0.6 is 0 Å². The second-order valence-corrected chi connectivity index (χ2v) is 4.37. The Morgan fingerprint density at radius 2 is 2.20 bits per heavy atom. The van der Waals surface area contributed by atoms with E-state index < -0.39 is 17.8 Å². The highest BCUT2D eigenvalue weighted by molar-refractivity contribution is 5.79. The molecule has 0 aliphatic rings. The molecule has 6 heteroatoms. The molecule has 20 heavy (non-hydrogen) atoms. The number of hydrogen-bond donors (Lipinski definition) is 1. The fourth-order valence-electron chi connectivity index (χ4n) is 2.17. The van der Waals surface area contributed by atoms with E-state index in [0.717, 1.165) is 0 Å². The number of ether oxygens (including phenoxy) is 1. The second-order valence-electron chi connectivity index (χ2n) is 4.37. The van der Waals surface area contributed by atoms with Crippen molar-refractivity contribution in [3.63, 3.8) is 0 Å². The number of carbonyl (C=O) groups is 1. The Balaban J connectivity index is 2.59. The van der Waals surface area contributed by atoms with Crippen molar-refractivity contribution >= 4 is 17.1 Å². The lowest BCUT2D eigenvalue weighted by Gasteiger charge is -2.14. The lowest BCUT2D eigenvalue weighted by Crippen LogP contribution is -2.28. The predicted molar refractivity (Wildman–Crippen MR) is 72.4 cm³/mol. The molecule has 0 radical (unpaired) electrons. The number of aliphatic hydroxyl groups excluding tert-OH is 1. The number of oxazole rings is 1. The van der Waals surface area contributed by atoms with Crippen molar-refractivity contribution in [1.82, 2.24) is 4.57 Å². The molecule has 0 saturated heterocycles. The Kier molecular flexibility index (Phi) is 4.24. The first kappa shape index (κ1) is 14.3. The van der Waals surface area contributed by atoms with Crippen LogP contribution in [0.3, 0.4) is 0 Å². The highest BCUT2D eigenvalue weighted by atomic mass is 16.5. The molecule has 0 saturated carbocycles. The number of hydrogen-bond acceptors (Lipinski definition) is 5. The third-order valence-electron chi connectivity index (χ3n) is 3.12. The number of carbonyl (C=O) groups excluding carboxylic acids is 1. The van der Waals surface area contributed by atoms with E-state index >= 15 is 0 Å². The molecule has 0 aliphatic heterocycles. The van der Waals surface area contributed by atoms with Gasteiger partial charge in [-0.15, -0.1) is 0 Å². The Morgan fingerprint density at radius 3 is 2.80 bits per heavy atom. The maximum absolute atomic E-state index is 12.0. The van der Waals surface area contributed by atoms with Gasteiger partial charge in [-0.2, -0.15) is 0 Å². The Bertz CT molecular complexity index is 670. The summed E-state index contributed by atoms with van der Waals surface area (Å²) in [6.45, 7) is 3.61. The molecular formula is C14H17NO5. The van der Waals surface area contributed by atoms with Crippen molar-refractivity contribution in [2.45, 2.75) is 32.9 Å². The van der Waals surface area contributed by atoms with Gasteiger partial charge in [-0.25, -0.2) is 9.59 Å². The maximum atomic E-state index is 12.0. The van der Waals surface area contributed by atoms with Crippen LogP contribution in [0, 0.1) is 0 Å². The van der Waals surface area contributed by atoms with Gasteiger partial charge >= 0.3 is 11.7 Å². The van der Waals surface area contributed by atoms with Gasteiger partial charge in [0.1, 0.15) is 6.04 Å². The fourth-order valence-corrected chi connectivity index (χ4v) is 2.17. The number of fused-ring (bicyclic) bond motifs is 1. The molecule has 0 aliphatic carbocycles. The number of nitrogens with zero attached hydrogens (tertiary/aromatic N) is 1. The molecule has 1 aromatic heterocycles. The third-order valence-corrected chi connectivity index (χ3v) is 3.12. The van der Waals surface area contributed by atoms with E-state index in [-0.39, 0.29) is 13.2 Å². The van der Waals surface area contributed by atoms with Gasteiger partial charge in [0.05, 0.1) is 18.7 Å². The van der Waals surface area contributed by atoms with Gasteiger partial charge in [0.25, 0.3) is 0 Å². The Labute approximate surface area is 115 Å². The summed E-state index contributed by atoms with van der Waals surface area (Å²) in [5.41, 5.74) is 1.52. The first-order valence-electron chi connectivity index (χ1n) is 6.53. The molecule has 6 nitrogen and oxygen atoms in total. The van der Waals surface area contributed by atoms with E-state index in [2.05, 4.69) is 0 Å². The number of benzene rings is 1. The minimum atomic E-state index is -0.724. The first-order chi connectivity index (χ1) is 9.62. The molecule has 2 rings (SSSR count). The van der Waals surface area contributed by atoms with Crippen LogP contribution in [0.2, 0.25) is 0 Å². The van der Waals surface area contributed by atoms with Gasteiger partial charge in [-0.1, -0.05) is 13.0 Å². The Hall–Kier alpha value is -2.08. The van der Waals surface area contributed by atoms with Gasteiger partial charge in [0, 0.05) is 0 Å². The molecule has 1 unspecified atom stereocenters. The van der Waals surface area contributed by atoms with Crippen molar-refractivity contribution in [2.24, 2.45) is 0 Å². The van der Waals surface area contributed by atoms with Crippen molar-refractivity contribution < 1.29 is 19.1 Å². The zero-order valence-corrected chi connectivity index (χ0v) is 11.5. The lowest BCUT2D eigenvalue weighted by molar-refractivity contribution is -0.147. The van der Waals surface area contributed by atoms with E-state index in [1.807, 2.05) is 0 Å². The van der Waals surface area contributed by atoms with Gasteiger partial charge in [-0.3, -0.25) is 4.57 Å². The van der Waals surface area contributed by atoms with Crippen molar-refractivity contribution in [2.75, 3.05) is 6.61 Å². The highest BCUT2D eigenvalue weighted by Gasteiger charge is 2.25. The molecule has 1 aromatic carbocycles. The van der Waals surface area contributed by atoms with E-state index in [1.165, 1.54) is 4.57 Å².